The summed E-state index contributed by atoms with van der Waals surface area (Å²) < 4.78 is 16.6. The quantitative estimate of drug-likeness (QED) is 0.631. The van der Waals surface area contributed by atoms with E-state index in [9.17, 15) is 5.11 Å². The summed E-state index contributed by atoms with van der Waals surface area (Å²) in [7, 11) is 1.64. The molecule has 1 atom stereocenters. The van der Waals surface area contributed by atoms with Gasteiger partial charge in [0.15, 0.2) is 11.5 Å². The first-order valence-electron chi connectivity index (χ1n) is 10.4. The molecule has 1 aromatic carbocycles. The van der Waals surface area contributed by atoms with Crippen molar-refractivity contribution in [1.82, 2.24) is 15.4 Å². The number of nitrogens with zero attached hydrogens (tertiary/aromatic N) is 2. The van der Waals surface area contributed by atoms with Crippen LogP contribution in [0.1, 0.15) is 41.8 Å². The van der Waals surface area contributed by atoms with E-state index in [2.05, 4.69) is 15.4 Å². The highest BCUT2D eigenvalue weighted by atomic mass is 16.5. The molecule has 0 spiro atoms. The van der Waals surface area contributed by atoms with Crippen molar-refractivity contribution in [3.05, 3.63) is 40.8 Å². The van der Waals surface area contributed by atoms with Crippen molar-refractivity contribution >= 4 is 0 Å². The van der Waals surface area contributed by atoms with Crippen molar-refractivity contribution in [2.45, 2.75) is 52.4 Å². The van der Waals surface area contributed by atoms with Crippen LogP contribution < -0.4 is 14.8 Å². The molecule has 1 aromatic heterocycles. The number of aryl methyl sites for hydroxylation is 2. The molecule has 0 saturated carbocycles. The molecule has 29 heavy (non-hydrogen) atoms. The van der Waals surface area contributed by atoms with Crippen LogP contribution in [0, 0.1) is 13.8 Å². The number of nitrogens with one attached hydrogen (secondary N) is 1. The number of ether oxygens (including phenoxy) is 2. The second-order valence-corrected chi connectivity index (χ2v) is 7.72. The SMILES string of the molecule is COc1cc(CNC[C@@H](O)CN2CCCCC2)ccc1OCc1c(C)noc1C. The van der Waals surface area contributed by atoms with Crippen LogP contribution in [0.2, 0.25) is 0 Å². The minimum atomic E-state index is -0.354. The lowest BCUT2D eigenvalue weighted by Crippen LogP contribution is -2.40. The van der Waals surface area contributed by atoms with E-state index >= 15 is 0 Å². The molecule has 160 valence electrons. The largest absolute Gasteiger partial charge is 0.493 e. The average molecular weight is 404 g/mol. The zero-order valence-electron chi connectivity index (χ0n) is 17.7. The number of aromatic nitrogens is 1. The summed E-state index contributed by atoms with van der Waals surface area (Å²) in [6, 6.07) is 5.89. The Labute approximate surface area is 173 Å². The van der Waals surface area contributed by atoms with Gasteiger partial charge in [0.1, 0.15) is 12.4 Å². The molecule has 7 heteroatoms. The van der Waals surface area contributed by atoms with Gasteiger partial charge in [-0.3, -0.25) is 0 Å². The fourth-order valence-electron chi connectivity index (χ4n) is 3.69. The minimum Gasteiger partial charge on any atom is -0.493 e. The van der Waals surface area contributed by atoms with Crippen molar-refractivity contribution in [3.63, 3.8) is 0 Å². The van der Waals surface area contributed by atoms with Crippen molar-refractivity contribution in [3.8, 4) is 11.5 Å². The van der Waals surface area contributed by atoms with E-state index in [1.54, 1.807) is 7.11 Å². The van der Waals surface area contributed by atoms with E-state index in [4.69, 9.17) is 14.0 Å². The first kappa shape index (κ1) is 21.6. The highest BCUT2D eigenvalue weighted by Gasteiger charge is 2.15. The zero-order chi connectivity index (χ0) is 20.6. The summed E-state index contributed by atoms with van der Waals surface area (Å²) in [6.07, 6.45) is 3.44. The van der Waals surface area contributed by atoms with Crippen molar-refractivity contribution in [2.75, 3.05) is 33.3 Å². The first-order chi connectivity index (χ1) is 14.1. The van der Waals surface area contributed by atoms with Gasteiger partial charge in [0.25, 0.3) is 0 Å². The van der Waals surface area contributed by atoms with Crippen LogP contribution in [-0.2, 0) is 13.2 Å². The lowest BCUT2D eigenvalue weighted by atomic mass is 10.1. The van der Waals surface area contributed by atoms with Crippen LogP contribution in [0.15, 0.2) is 22.7 Å². The molecule has 0 amide bonds. The summed E-state index contributed by atoms with van der Waals surface area (Å²) >= 11 is 0. The Bertz CT molecular complexity index is 752. The second-order valence-electron chi connectivity index (χ2n) is 7.72. The Morgan fingerprint density at radius 3 is 2.69 bits per heavy atom. The number of hydrogen-bond donors (Lipinski definition) is 2. The molecule has 1 aliphatic heterocycles. The van der Waals surface area contributed by atoms with E-state index in [-0.39, 0.29) is 6.10 Å². The van der Waals surface area contributed by atoms with E-state index < -0.39 is 0 Å². The van der Waals surface area contributed by atoms with E-state index in [0.717, 1.165) is 42.2 Å². The van der Waals surface area contributed by atoms with Crippen LogP contribution in [0.5, 0.6) is 11.5 Å². The molecule has 2 heterocycles. The molecule has 0 radical (unpaired) electrons. The highest BCUT2D eigenvalue weighted by Crippen LogP contribution is 2.29. The molecule has 0 unspecified atom stereocenters. The lowest BCUT2D eigenvalue weighted by Gasteiger charge is -2.28. The summed E-state index contributed by atoms with van der Waals surface area (Å²) in [6.45, 7) is 8.35. The summed E-state index contributed by atoms with van der Waals surface area (Å²) in [5.74, 6) is 2.14. The number of aliphatic hydroxyl groups excluding tert-OH is 1. The predicted molar refractivity (Wildman–Crippen MR) is 111 cm³/mol. The molecule has 1 fully saturated rings. The van der Waals surface area contributed by atoms with Gasteiger partial charge in [-0.25, -0.2) is 0 Å². The highest BCUT2D eigenvalue weighted by molar-refractivity contribution is 5.43. The molecule has 0 bridgehead atoms. The molecule has 2 aromatic rings. The maximum absolute atomic E-state index is 10.3. The minimum absolute atomic E-state index is 0.354. The Hall–Kier alpha value is -2.09. The van der Waals surface area contributed by atoms with Gasteiger partial charge in [-0.1, -0.05) is 17.6 Å². The lowest BCUT2D eigenvalue weighted by molar-refractivity contribution is 0.1000. The van der Waals surface area contributed by atoms with Gasteiger partial charge >= 0.3 is 0 Å². The van der Waals surface area contributed by atoms with Gasteiger partial charge in [0, 0.05) is 19.6 Å². The third kappa shape index (κ3) is 6.19. The predicted octanol–water partition coefficient (Wildman–Crippen LogP) is 2.82. The number of aliphatic hydroxyl groups is 1. The summed E-state index contributed by atoms with van der Waals surface area (Å²) in [5.41, 5.74) is 2.88. The van der Waals surface area contributed by atoms with Gasteiger partial charge < -0.3 is 29.3 Å². The molecule has 2 N–H and O–H groups in total. The average Bonchev–Trinajstić information content (AvgIpc) is 3.05. The topological polar surface area (TPSA) is 80.0 Å². The van der Waals surface area contributed by atoms with Gasteiger partial charge in [-0.05, 0) is 57.5 Å². The Kier molecular flexibility index (Phi) is 7.91. The van der Waals surface area contributed by atoms with E-state index in [0.29, 0.717) is 31.2 Å². The van der Waals surface area contributed by atoms with Crippen LogP contribution in [0.4, 0.5) is 0 Å². The number of hydrogen-bond acceptors (Lipinski definition) is 7. The maximum Gasteiger partial charge on any atom is 0.161 e. The maximum atomic E-state index is 10.3. The summed E-state index contributed by atoms with van der Waals surface area (Å²) in [5, 5.41) is 17.6. The van der Waals surface area contributed by atoms with Crippen molar-refractivity contribution in [2.24, 2.45) is 0 Å². The number of methoxy groups -OCH3 is 1. The Morgan fingerprint density at radius 2 is 2.00 bits per heavy atom. The van der Waals surface area contributed by atoms with E-state index in [1.807, 2.05) is 32.0 Å². The Morgan fingerprint density at radius 1 is 1.21 bits per heavy atom. The summed E-state index contributed by atoms with van der Waals surface area (Å²) in [4.78, 5) is 2.35. The van der Waals surface area contributed by atoms with Crippen LogP contribution in [0.3, 0.4) is 0 Å². The third-order valence-corrected chi connectivity index (χ3v) is 5.41. The van der Waals surface area contributed by atoms with Crippen molar-refractivity contribution < 1.29 is 19.1 Å². The van der Waals surface area contributed by atoms with Gasteiger partial charge in [-0.15, -0.1) is 0 Å². The number of β-amino-alcohol motifs (C(OH)–C–C–N with tert-alkyl or cyclic N) is 1. The first-order valence-corrected chi connectivity index (χ1v) is 10.4. The third-order valence-electron chi connectivity index (χ3n) is 5.41. The Balaban J connectivity index is 1.47. The fourth-order valence-corrected chi connectivity index (χ4v) is 3.69. The van der Waals surface area contributed by atoms with E-state index in [1.165, 1.54) is 19.3 Å². The molecule has 1 aliphatic rings. The van der Waals surface area contributed by atoms with Crippen molar-refractivity contribution in [1.29, 1.82) is 0 Å². The van der Waals surface area contributed by atoms with Crippen LogP contribution >= 0.6 is 0 Å². The number of benzene rings is 1. The van der Waals surface area contributed by atoms with Crippen LogP contribution in [-0.4, -0.2) is 54.6 Å². The normalized spacial score (nSPS) is 16.0. The number of rotatable bonds is 10. The standard InChI is InChI=1S/C22H33N3O4/c1-16-20(17(2)29-24-16)15-28-21-8-7-18(11-22(21)27-3)12-23-13-19(26)14-25-9-5-4-6-10-25/h7-8,11,19,23,26H,4-6,9-10,12-15H2,1-3H3/t19-/m1/s1. The molecular weight excluding hydrogens is 370 g/mol. The smallest absolute Gasteiger partial charge is 0.161 e. The monoisotopic (exact) mass is 403 g/mol. The van der Waals surface area contributed by atoms with Gasteiger partial charge in [0.05, 0.1) is 24.5 Å². The number of likely N-dealkylation sites (tertiary alicyclic amines) is 1. The molecule has 3 rings (SSSR count). The van der Waals surface area contributed by atoms with Gasteiger partial charge in [-0.2, -0.15) is 0 Å². The molecule has 0 aliphatic carbocycles. The van der Waals surface area contributed by atoms with Crippen LogP contribution in [0.25, 0.3) is 0 Å². The molecular formula is C22H33N3O4. The van der Waals surface area contributed by atoms with Gasteiger partial charge in [0.2, 0.25) is 0 Å². The fraction of sp³-hybridized carbons (Fsp3) is 0.591. The molecule has 1 saturated heterocycles. The molecule has 7 nitrogen and oxygen atoms in total. The zero-order valence-corrected chi connectivity index (χ0v) is 17.7. The number of piperidine rings is 1. The second kappa shape index (κ2) is 10.6.